The van der Waals surface area contributed by atoms with Crippen LogP contribution in [-0.4, -0.2) is 44.0 Å². The highest BCUT2D eigenvalue weighted by Crippen LogP contribution is 1.79. The van der Waals surface area contributed by atoms with E-state index < -0.39 is 0 Å². The third-order valence-corrected chi connectivity index (χ3v) is 1.92. The Morgan fingerprint density at radius 2 is 2.00 bits per heavy atom. The lowest BCUT2D eigenvalue weighted by Crippen LogP contribution is -2.37. The Kier molecular flexibility index (Phi) is 8.56. The van der Waals surface area contributed by atoms with Gasteiger partial charge < -0.3 is 15.4 Å². The van der Waals surface area contributed by atoms with E-state index in [0.717, 1.165) is 6.42 Å². The Bertz CT molecular complexity index is 187. The molecular weight excluding hydrogens is 252 g/mol. The van der Waals surface area contributed by atoms with E-state index in [4.69, 9.17) is 4.74 Å². The van der Waals surface area contributed by atoms with Gasteiger partial charge in [-0.25, -0.2) is 0 Å². The van der Waals surface area contributed by atoms with Crippen LogP contribution in [0.5, 0.6) is 0 Å². The second-order valence-corrected chi connectivity index (χ2v) is 3.17. The lowest BCUT2D eigenvalue weighted by atomic mass is 10.4. The molecule has 82 valence electrons. The summed E-state index contributed by atoms with van der Waals surface area (Å²) in [7, 11) is 1.61. The Morgan fingerprint density at radius 3 is 2.57 bits per heavy atom. The number of hydrogen-bond acceptors (Lipinski definition) is 3. The minimum atomic E-state index is -0.197. The summed E-state index contributed by atoms with van der Waals surface area (Å²) < 4.78 is 4.81. The van der Waals surface area contributed by atoms with Gasteiger partial charge in [0, 0.05) is 20.3 Å². The highest BCUT2D eigenvalue weighted by molar-refractivity contribution is 9.09. The van der Waals surface area contributed by atoms with Gasteiger partial charge in [0.15, 0.2) is 0 Å². The summed E-state index contributed by atoms with van der Waals surface area (Å²) >= 11 is 2.98. The van der Waals surface area contributed by atoms with Crippen LogP contribution in [0, 0.1) is 0 Å². The smallest absolute Gasteiger partial charge is 0.239 e. The molecule has 0 atom stereocenters. The van der Waals surface area contributed by atoms with E-state index >= 15 is 0 Å². The van der Waals surface area contributed by atoms with Gasteiger partial charge in [-0.15, -0.1) is 0 Å². The molecule has 0 aromatic carbocycles. The zero-order valence-corrected chi connectivity index (χ0v) is 9.72. The molecular formula is C8H15BrN2O3. The summed E-state index contributed by atoms with van der Waals surface area (Å²) in [6.07, 6.45) is 0.772. The van der Waals surface area contributed by atoms with E-state index in [1.54, 1.807) is 7.11 Å². The Balaban J connectivity index is 3.32. The molecule has 2 amide bonds. The number of amides is 2. The second-order valence-electron chi connectivity index (χ2n) is 2.61. The zero-order chi connectivity index (χ0) is 10.8. The van der Waals surface area contributed by atoms with Crippen molar-refractivity contribution in [1.29, 1.82) is 0 Å². The first-order chi connectivity index (χ1) is 6.70. The van der Waals surface area contributed by atoms with E-state index in [0.29, 0.717) is 13.2 Å². The Hall–Kier alpha value is -0.620. The van der Waals surface area contributed by atoms with Crippen molar-refractivity contribution in [2.45, 2.75) is 6.42 Å². The molecule has 0 aliphatic rings. The van der Waals surface area contributed by atoms with Crippen LogP contribution in [0.4, 0.5) is 0 Å². The first kappa shape index (κ1) is 13.4. The van der Waals surface area contributed by atoms with E-state index in [1.165, 1.54) is 0 Å². The topological polar surface area (TPSA) is 67.4 Å². The average Bonchev–Trinajstić information content (AvgIpc) is 2.21. The minimum Gasteiger partial charge on any atom is -0.385 e. The predicted octanol–water partition coefficient (Wildman–Crippen LogP) is -0.350. The third kappa shape index (κ3) is 8.00. The number of hydrogen-bond donors (Lipinski definition) is 2. The largest absolute Gasteiger partial charge is 0.385 e. The normalized spacial score (nSPS) is 9.57. The second kappa shape index (κ2) is 8.96. The highest BCUT2D eigenvalue weighted by atomic mass is 79.9. The molecule has 0 aromatic rings. The molecule has 0 rings (SSSR count). The molecule has 0 aliphatic heterocycles. The van der Waals surface area contributed by atoms with Crippen molar-refractivity contribution in [2.24, 2.45) is 0 Å². The Morgan fingerprint density at radius 1 is 1.29 bits per heavy atom. The molecule has 0 aliphatic carbocycles. The summed E-state index contributed by atoms with van der Waals surface area (Å²) in [5.74, 6) is -0.382. The monoisotopic (exact) mass is 266 g/mol. The van der Waals surface area contributed by atoms with Crippen LogP contribution < -0.4 is 10.6 Å². The minimum absolute atomic E-state index is 0.0252. The predicted molar refractivity (Wildman–Crippen MR) is 56.3 cm³/mol. The molecule has 0 fully saturated rings. The maximum atomic E-state index is 11.0. The van der Waals surface area contributed by atoms with Crippen molar-refractivity contribution >= 4 is 27.7 Å². The summed E-state index contributed by atoms with van der Waals surface area (Å²) in [6, 6.07) is 0. The molecule has 5 nitrogen and oxygen atoms in total. The van der Waals surface area contributed by atoms with E-state index in [1.807, 2.05) is 0 Å². The fourth-order valence-corrected chi connectivity index (χ4v) is 0.931. The maximum Gasteiger partial charge on any atom is 0.239 e. The van der Waals surface area contributed by atoms with Crippen molar-refractivity contribution in [3.05, 3.63) is 0 Å². The lowest BCUT2D eigenvalue weighted by Gasteiger charge is -2.05. The van der Waals surface area contributed by atoms with Crippen LogP contribution in [-0.2, 0) is 14.3 Å². The molecule has 6 heteroatoms. The van der Waals surface area contributed by atoms with Gasteiger partial charge in [0.25, 0.3) is 0 Å². The zero-order valence-electron chi connectivity index (χ0n) is 8.14. The van der Waals surface area contributed by atoms with Crippen LogP contribution >= 0.6 is 15.9 Å². The van der Waals surface area contributed by atoms with Crippen LogP contribution in [0.2, 0.25) is 0 Å². The van der Waals surface area contributed by atoms with E-state index in [9.17, 15) is 9.59 Å². The van der Waals surface area contributed by atoms with Crippen molar-refractivity contribution in [2.75, 3.05) is 32.1 Å². The van der Waals surface area contributed by atoms with Crippen LogP contribution in [0.25, 0.3) is 0 Å². The highest BCUT2D eigenvalue weighted by Gasteiger charge is 2.02. The molecule has 0 spiro atoms. The van der Waals surface area contributed by atoms with Crippen LogP contribution in [0.1, 0.15) is 6.42 Å². The number of methoxy groups -OCH3 is 1. The summed E-state index contributed by atoms with van der Waals surface area (Å²) in [5.41, 5.74) is 0. The van der Waals surface area contributed by atoms with Gasteiger partial charge in [-0.2, -0.15) is 0 Å². The molecule has 0 heterocycles. The first-order valence-electron chi connectivity index (χ1n) is 4.29. The Labute approximate surface area is 91.7 Å². The molecule has 0 aromatic heterocycles. The van der Waals surface area contributed by atoms with Gasteiger partial charge in [0.05, 0.1) is 11.9 Å². The fourth-order valence-electron chi connectivity index (χ4n) is 0.733. The van der Waals surface area contributed by atoms with E-state index in [2.05, 4.69) is 26.6 Å². The van der Waals surface area contributed by atoms with Crippen molar-refractivity contribution in [3.63, 3.8) is 0 Å². The number of ether oxygens (including phenoxy) is 1. The lowest BCUT2D eigenvalue weighted by molar-refractivity contribution is -0.124. The first-order valence-corrected chi connectivity index (χ1v) is 5.41. The van der Waals surface area contributed by atoms with Gasteiger partial charge in [-0.05, 0) is 6.42 Å². The summed E-state index contributed by atoms with van der Waals surface area (Å²) in [6.45, 7) is 1.21. The summed E-state index contributed by atoms with van der Waals surface area (Å²) in [5, 5.41) is 5.30. The van der Waals surface area contributed by atoms with Crippen molar-refractivity contribution in [1.82, 2.24) is 10.6 Å². The average molecular weight is 267 g/mol. The third-order valence-electron chi connectivity index (χ3n) is 1.41. The number of rotatable bonds is 7. The SMILES string of the molecule is COCCCNC(=O)CNC(=O)CBr. The number of carbonyl (C=O) groups excluding carboxylic acids is 2. The number of halogens is 1. The molecule has 0 unspecified atom stereocenters. The molecule has 0 saturated heterocycles. The van der Waals surface area contributed by atoms with Gasteiger partial charge >= 0.3 is 0 Å². The molecule has 0 saturated carbocycles. The maximum absolute atomic E-state index is 11.0. The fraction of sp³-hybridized carbons (Fsp3) is 0.750. The van der Waals surface area contributed by atoms with E-state index in [-0.39, 0.29) is 23.7 Å². The number of nitrogens with one attached hydrogen (secondary N) is 2. The number of alkyl halides is 1. The van der Waals surface area contributed by atoms with Crippen LogP contribution in [0.3, 0.4) is 0 Å². The van der Waals surface area contributed by atoms with Crippen molar-refractivity contribution < 1.29 is 14.3 Å². The van der Waals surface area contributed by atoms with Gasteiger partial charge in [0.2, 0.25) is 11.8 Å². The summed E-state index contributed by atoms with van der Waals surface area (Å²) in [4.78, 5) is 21.8. The molecule has 2 N–H and O–H groups in total. The van der Waals surface area contributed by atoms with Crippen LogP contribution in [0.15, 0.2) is 0 Å². The standard InChI is InChI=1S/C8H15BrN2O3/c1-14-4-2-3-10-8(13)6-11-7(12)5-9/h2-6H2,1H3,(H,10,13)(H,11,12). The molecule has 0 radical (unpaired) electrons. The van der Waals surface area contributed by atoms with Gasteiger partial charge in [-0.3, -0.25) is 9.59 Å². The number of carbonyl (C=O) groups is 2. The molecule has 14 heavy (non-hydrogen) atoms. The van der Waals surface area contributed by atoms with Gasteiger partial charge in [0.1, 0.15) is 0 Å². The molecule has 0 bridgehead atoms. The quantitative estimate of drug-likeness (QED) is 0.489. The van der Waals surface area contributed by atoms with Crippen molar-refractivity contribution in [3.8, 4) is 0 Å². The van der Waals surface area contributed by atoms with Gasteiger partial charge in [-0.1, -0.05) is 15.9 Å².